The second kappa shape index (κ2) is 4.62. The number of carbonyl (C=O) groups is 1. The van der Waals surface area contributed by atoms with Gasteiger partial charge in [0.1, 0.15) is 5.01 Å². The number of hydrogen-bond acceptors (Lipinski definition) is 6. The molecule has 0 N–H and O–H groups in total. The molecule has 0 bridgehead atoms. The molecule has 0 saturated heterocycles. The molecule has 0 aromatic carbocycles. The Hall–Kier alpha value is -1.76. The highest BCUT2D eigenvalue weighted by molar-refractivity contribution is 7.14. The van der Waals surface area contributed by atoms with Gasteiger partial charge in [0.15, 0.2) is 10.7 Å². The molecule has 0 aliphatic heterocycles. The Morgan fingerprint density at radius 1 is 1.53 bits per heavy atom. The van der Waals surface area contributed by atoms with Crippen molar-refractivity contribution in [1.29, 1.82) is 0 Å². The van der Waals surface area contributed by atoms with E-state index in [0.717, 1.165) is 11.4 Å². The molecular formula is C10H12N4O2S. The van der Waals surface area contributed by atoms with Crippen molar-refractivity contribution < 1.29 is 9.53 Å². The molecule has 0 atom stereocenters. The fraction of sp³-hybridized carbons (Fsp3) is 0.400. The molecule has 2 aromatic rings. The summed E-state index contributed by atoms with van der Waals surface area (Å²) in [5.74, 6) is -0.423. The van der Waals surface area contributed by atoms with Crippen LogP contribution in [0.3, 0.4) is 0 Å². The number of aryl methyl sites for hydroxylation is 2. The van der Waals surface area contributed by atoms with Crippen LogP contribution >= 0.6 is 11.3 Å². The summed E-state index contributed by atoms with van der Waals surface area (Å²) in [6, 6.07) is 0. The minimum absolute atomic E-state index is 0.395. The largest absolute Gasteiger partial charge is 0.464 e. The zero-order valence-corrected chi connectivity index (χ0v) is 10.6. The van der Waals surface area contributed by atoms with Gasteiger partial charge >= 0.3 is 5.97 Å². The number of aromatic nitrogens is 4. The van der Waals surface area contributed by atoms with Gasteiger partial charge in [0, 0.05) is 7.05 Å². The molecule has 17 heavy (non-hydrogen) atoms. The summed E-state index contributed by atoms with van der Waals surface area (Å²) in [5.41, 5.74) is 1.06. The molecule has 90 valence electrons. The first-order chi connectivity index (χ1) is 8.17. The molecule has 7 heteroatoms. The van der Waals surface area contributed by atoms with Crippen molar-refractivity contribution in [2.75, 3.05) is 7.11 Å². The van der Waals surface area contributed by atoms with Gasteiger partial charge in [0.05, 0.1) is 18.9 Å². The van der Waals surface area contributed by atoms with Gasteiger partial charge in [0.2, 0.25) is 0 Å². The fourth-order valence-corrected chi connectivity index (χ4v) is 2.23. The third-order valence-corrected chi connectivity index (χ3v) is 3.42. The van der Waals surface area contributed by atoms with Gasteiger partial charge in [-0.2, -0.15) is 5.10 Å². The molecule has 0 saturated carbocycles. The van der Waals surface area contributed by atoms with Crippen LogP contribution in [0.4, 0.5) is 0 Å². The first-order valence-electron chi connectivity index (χ1n) is 5.10. The van der Waals surface area contributed by atoms with Gasteiger partial charge < -0.3 is 4.74 Å². The summed E-state index contributed by atoms with van der Waals surface area (Å²) < 4.78 is 6.21. The Balaban J connectivity index is 2.48. The summed E-state index contributed by atoms with van der Waals surface area (Å²) >= 11 is 1.46. The number of methoxy groups -OCH3 is 1. The van der Waals surface area contributed by atoms with E-state index in [4.69, 9.17) is 4.74 Å². The Kier molecular flexibility index (Phi) is 3.19. The summed E-state index contributed by atoms with van der Waals surface area (Å²) in [7, 11) is 3.04. The molecule has 0 spiro atoms. The Labute approximate surface area is 102 Å². The van der Waals surface area contributed by atoms with E-state index in [2.05, 4.69) is 15.3 Å². The summed E-state index contributed by atoms with van der Waals surface area (Å²) in [6.07, 6.45) is 2.43. The van der Waals surface area contributed by atoms with Gasteiger partial charge in [-0.25, -0.2) is 4.79 Å². The molecule has 0 unspecified atom stereocenters. The number of ether oxygens (including phenoxy) is 1. The number of nitrogens with zero attached hydrogens (tertiary/aromatic N) is 4. The maximum atomic E-state index is 11.6. The van der Waals surface area contributed by atoms with E-state index in [0.29, 0.717) is 16.3 Å². The van der Waals surface area contributed by atoms with Crippen LogP contribution in [0.1, 0.15) is 22.4 Å². The van der Waals surface area contributed by atoms with Crippen LogP contribution in [0.2, 0.25) is 0 Å². The minimum Gasteiger partial charge on any atom is -0.464 e. The molecule has 2 rings (SSSR count). The van der Waals surface area contributed by atoms with E-state index in [-0.39, 0.29) is 0 Å². The van der Waals surface area contributed by atoms with E-state index in [1.54, 1.807) is 13.2 Å². The maximum Gasteiger partial charge on any atom is 0.357 e. The summed E-state index contributed by atoms with van der Waals surface area (Å²) in [4.78, 5) is 11.6. The van der Waals surface area contributed by atoms with Crippen molar-refractivity contribution in [3.05, 3.63) is 16.9 Å². The van der Waals surface area contributed by atoms with Gasteiger partial charge in [-0.3, -0.25) is 4.68 Å². The van der Waals surface area contributed by atoms with E-state index in [1.807, 2.05) is 6.92 Å². The number of esters is 1. The Morgan fingerprint density at radius 2 is 2.29 bits per heavy atom. The zero-order valence-electron chi connectivity index (χ0n) is 9.80. The van der Waals surface area contributed by atoms with Crippen molar-refractivity contribution in [1.82, 2.24) is 20.0 Å². The highest BCUT2D eigenvalue weighted by Crippen LogP contribution is 2.27. The normalized spacial score (nSPS) is 10.5. The van der Waals surface area contributed by atoms with Crippen LogP contribution in [0.15, 0.2) is 6.20 Å². The Bertz CT molecular complexity index is 546. The second-order valence-electron chi connectivity index (χ2n) is 3.38. The van der Waals surface area contributed by atoms with E-state index in [1.165, 1.54) is 23.1 Å². The van der Waals surface area contributed by atoms with Crippen LogP contribution in [-0.4, -0.2) is 33.1 Å². The lowest BCUT2D eigenvalue weighted by atomic mass is 10.2. The predicted molar refractivity (Wildman–Crippen MR) is 62.8 cm³/mol. The SMILES string of the molecule is CCc1nnc(-c2cnn(C)c2C(=O)OC)s1. The second-order valence-corrected chi connectivity index (χ2v) is 4.44. The third kappa shape index (κ3) is 2.05. The first-order valence-corrected chi connectivity index (χ1v) is 5.92. The van der Waals surface area contributed by atoms with Gasteiger partial charge in [-0.05, 0) is 6.42 Å². The molecule has 0 aliphatic rings. The summed E-state index contributed by atoms with van der Waals surface area (Å²) in [5, 5.41) is 13.8. The van der Waals surface area contributed by atoms with Crippen molar-refractivity contribution in [2.24, 2.45) is 7.05 Å². The van der Waals surface area contributed by atoms with Crippen molar-refractivity contribution in [3.63, 3.8) is 0 Å². The number of carbonyl (C=O) groups excluding carboxylic acids is 1. The lowest BCUT2D eigenvalue weighted by Gasteiger charge is -2.00. The molecule has 2 heterocycles. The molecule has 2 aromatic heterocycles. The van der Waals surface area contributed by atoms with Crippen LogP contribution in [0.25, 0.3) is 10.6 Å². The van der Waals surface area contributed by atoms with Crippen LogP contribution in [0, 0.1) is 0 Å². The standard InChI is InChI=1S/C10H12N4O2S/c1-4-7-12-13-9(17-7)6-5-11-14(2)8(6)10(15)16-3/h5H,4H2,1-3H3. The smallest absolute Gasteiger partial charge is 0.357 e. The quantitative estimate of drug-likeness (QED) is 0.770. The lowest BCUT2D eigenvalue weighted by molar-refractivity contribution is 0.0589. The van der Waals surface area contributed by atoms with Crippen molar-refractivity contribution in [2.45, 2.75) is 13.3 Å². The van der Waals surface area contributed by atoms with E-state index >= 15 is 0 Å². The van der Waals surface area contributed by atoms with Crippen molar-refractivity contribution in [3.8, 4) is 10.6 Å². The van der Waals surface area contributed by atoms with E-state index in [9.17, 15) is 4.79 Å². The highest BCUT2D eigenvalue weighted by atomic mass is 32.1. The van der Waals surface area contributed by atoms with Crippen LogP contribution < -0.4 is 0 Å². The fourth-order valence-electron chi connectivity index (χ4n) is 1.44. The van der Waals surface area contributed by atoms with Crippen LogP contribution in [0.5, 0.6) is 0 Å². The highest BCUT2D eigenvalue weighted by Gasteiger charge is 2.21. The molecule has 0 amide bonds. The first kappa shape index (κ1) is 11.7. The molecule has 0 radical (unpaired) electrons. The number of hydrogen-bond donors (Lipinski definition) is 0. The summed E-state index contributed by atoms with van der Waals surface area (Å²) in [6.45, 7) is 2.01. The average Bonchev–Trinajstić information content (AvgIpc) is 2.94. The van der Waals surface area contributed by atoms with Gasteiger partial charge in [0.25, 0.3) is 0 Å². The van der Waals surface area contributed by atoms with Crippen molar-refractivity contribution >= 4 is 17.3 Å². The Morgan fingerprint density at radius 3 is 2.88 bits per heavy atom. The van der Waals surface area contributed by atoms with E-state index < -0.39 is 5.97 Å². The monoisotopic (exact) mass is 252 g/mol. The maximum absolute atomic E-state index is 11.6. The molecule has 0 fully saturated rings. The van der Waals surface area contributed by atoms with Crippen LogP contribution in [-0.2, 0) is 18.2 Å². The molecule has 0 aliphatic carbocycles. The molecule has 6 nitrogen and oxygen atoms in total. The molecular weight excluding hydrogens is 240 g/mol. The van der Waals surface area contributed by atoms with Gasteiger partial charge in [-0.1, -0.05) is 18.3 Å². The third-order valence-electron chi connectivity index (χ3n) is 2.32. The van der Waals surface area contributed by atoms with Gasteiger partial charge in [-0.15, -0.1) is 10.2 Å². The lowest BCUT2D eigenvalue weighted by Crippen LogP contribution is -2.09. The zero-order chi connectivity index (χ0) is 12.4. The number of rotatable bonds is 3. The topological polar surface area (TPSA) is 69.9 Å². The average molecular weight is 252 g/mol. The predicted octanol–water partition coefficient (Wildman–Crippen LogP) is 1.29. The minimum atomic E-state index is -0.423.